The smallest absolute Gasteiger partial charge is 0.338 e. The van der Waals surface area contributed by atoms with Crippen molar-refractivity contribution >= 4 is 11.7 Å². The van der Waals surface area contributed by atoms with E-state index in [2.05, 4.69) is 5.32 Å². The number of benzene rings is 1. The summed E-state index contributed by atoms with van der Waals surface area (Å²) in [4.78, 5) is 20.7. The SMILES string of the molecule is O=C(O)c1coc(CNCc2ccc([N+](=O)[O-])cc2)c1. The predicted molar refractivity (Wildman–Crippen MR) is 69.3 cm³/mol. The minimum Gasteiger partial charge on any atom is -0.478 e. The second-order valence-electron chi connectivity index (χ2n) is 4.13. The molecule has 1 aromatic carbocycles. The number of aromatic carboxylic acids is 1. The molecule has 7 nitrogen and oxygen atoms in total. The molecule has 104 valence electrons. The predicted octanol–water partition coefficient (Wildman–Crippen LogP) is 2.18. The van der Waals surface area contributed by atoms with Crippen LogP contribution >= 0.6 is 0 Å². The first-order valence-electron chi connectivity index (χ1n) is 5.81. The third-order valence-corrected chi connectivity index (χ3v) is 2.68. The van der Waals surface area contributed by atoms with Gasteiger partial charge in [-0.1, -0.05) is 12.1 Å². The summed E-state index contributed by atoms with van der Waals surface area (Å²) in [5.74, 6) is -0.514. The van der Waals surface area contributed by atoms with E-state index in [4.69, 9.17) is 9.52 Å². The zero-order valence-electron chi connectivity index (χ0n) is 10.4. The monoisotopic (exact) mass is 276 g/mol. The number of nitrogens with one attached hydrogen (secondary N) is 1. The molecular weight excluding hydrogens is 264 g/mol. The lowest BCUT2D eigenvalue weighted by Crippen LogP contribution is -2.12. The molecule has 2 N–H and O–H groups in total. The van der Waals surface area contributed by atoms with Crippen LogP contribution in [-0.2, 0) is 13.1 Å². The summed E-state index contributed by atoms with van der Waals surface area (Å²) in [6.07, 6.45) is 1.19. The van der Waals surface area contributed by atoms with Gasteiger partial charge in [-0.25, -0.2) is 4.79 Å². The van der Waals surface area contributed by atoms with Crippen molar-refractivity contribution in [2.75, 3.05) is 0 Å². The van der Waals surface area contributed by atoms with E-state index < -0.39 is 10.9 Å². The van der Waals surface area contributed by atoms with E-state index in [0.717, 1.165) is 5.56 Å². The molecule has 0 aliphatic rings. The molecule has 0 amide bonds. The van der Waals surface area contributed by atoms with Crippen LogP contribution in [-0.4, -0.2) is 16.0 Å². The Hall–Kier alpha value is -2.67. The van der Waals surface area contributed by atoms with Crippen molar-refractivity contribution in [3.8, 4) is 0 Å². The number of carbonyl (C=O) groups is 1. The highest BCUT2D eigenvalue weighted by molar-refractivity contribution is 5.87. The number of rotatable bonds is 6. The number of non-ortho nitro benzene ring substituents is 1. The number of nitro benzene ring substituents is 1. The van der Waals surface area contributed by atoms with Crippen molar-refractivity contribution in [1.29, 1.82) is 0 Å². The molecule has 0 saturated heterocycles. The summed E-state index contributed by atoms with van der Waals surface area (Å²) >= 11 is 0. The van der Waals surface area contributed by atoms with Gasteiger partial charge in [0.1, 0.15) is 12.0 Å². The maximum absolute atomic E-state index is 10.7. The van der Waals surface area contributed by atoms with Crippen LogP contribution in [0.1, 0.15) is 21.7 Å². The maximum Gasteiger partial charge on any atom is 0.338 e. The zero-order valence-corrected chi connectivity index (χ0v) is 10.4. The van der Waals surface area contributed by atoms with E-state index in [1.807, 2.05) is 0 Å². The molecule has 0 unspecified atom stereocenters. The van der Waals surface area contributed by atoms with Crippen molar-refractivity contribution < 1.29 is 19.2 Å². The first kappa shape index (κ1) is 13.8. The summed E-state index contributed by atoms with van der Waals surface area (Å²) in [6, 6.07) is 7.65. The molecule has 0 aliphatic heterocycles. The second kappa shape index (κ2) is 5.98. The number of hydrogen-bond donors (Lipinski definition) is 2. The van der Waals surface area contributed by atoms with Crippen LogP contribution in [0.3, 0.4) is 0 Å². The summed E-state index contributed by atoms with van der Waals surface area (Å²) < 4.78 is 5.08. The number of carboxylic acids is 1. The van der Waals surface area contributed by atoms with Crippen molar-refractivity contribution in [2.24, 2.45) is 0 Å². The largest absolute Gasteiger partial charge is 0.478 e. The quantitative estimate of drug-likeness (QED) is 0.618. The summed E-state index contributed by atoms with van der Waals surface area (Å²) in [5.41, 5.74) is 1.05. The van der Waals surface area contributed by atoms with Gasteiger partial charge in [0.2, 0.25) is 0 Å². The zero-order chi connectivity index (χ0) is 14.5. The molecular formula is C13H12N2O5. The van der Waals surface area contributed by atoms with Gasteiger partial charge < -0.3 is 14.8 Å². The average Bonchev–Trinajstić information content (AvgIpc) is 2.88. The van der Waals surface area contributed by atoms with E-state index in [1.54, 1.807) is 12.1 Å². The molecule has 0 aliphatic carbocycles. The van der Waals surface area contributed by atoms with Crippen LogP contribution in [0.25, 0.3) is 0 Å². The van der Waals surface area contributed by atoms with Crippen molar-refractivity contribution in [1.82, 2.24) is 5.32 Å². The fourth-order valence-corrected chi connectivity index (χ4v) is 1.65. The summed E-state index contributed by atoms with van der Waals surface area (Å²) in [5, 5.41) is 22.3. The number of carboxylic acid groups (broad SMARTS) is 1. The Kier molecular flexibility index (Phi) is 4.11. The highest BCUT2D eigenvalue weighted by Crippen LogP contribution is 2.12. The Labute approximate surface area is 114 Å². The Morgan fingerprint density at radius 2 is 2.00 bits per heavy atom. The van der Waals surface area contributed by atoms with Crippen molar-refractivity contribution in [3.63, 3.8) is 0 Å². The lowest BCUT2D eigenvalue weighted by atomic mass is 10.2. The van der Waals surface area contributed by atoms with Crippen LogP contribution in [0.2, 0.25) is 0 Å². The van der Waals surface area contributed by atoms with E-state index in [9.17, 15) is 14.9 Å². The van der Waals surface area contributed by atoms with Crippen molar-refractivity contribution in [2.45, 2.75) is 13.1 Å². The molecule has 0 spiro atoms. The molecule has 1 heterocycles. The number of nitrogens with zero attached hydrogens (tertiary/aromatic N) is 1. The van der Waals surface area contributed by atoms with Crippen LogP contribution in [0, 0.1) is 10.1 Å². The van der Waals surface area contributed by atoms with Crippen LogP contribution in [0.4, 0.5) is 5.69 Å². The van der Waals surface area contributed by atoms with Crippen LogP contribution in [0.5, 0.6) is 0 Å². The number of nitro groups is 1. The Bertz CT molecular complexity index is 618. The molecule has 2 aromatic rings. The first-order valence-corrected chi connectivity index (χ1v) is 5.81. The molecule has 0 fully saturated rings. The Balaban J connectivity index is 1.85. The Morgan fingerprint density at radius 3 is 2.55 bits per heavy atom. The normalized spacial score (nSPS) is 10.4. The van der Waals surface area contributed by atoms with Gasteiger partial charge in [-0.05, 0) is 11.6 Å². The lowest BCUT2D eigenvalue weighted by molar-refractivity contribution is -0.384. The molecule has 1 aromatic heterocycles. The van der Waals surface area contributed by atoms with Crippen molar-refractivity contribution in [3.05, 3.63) is 63.6 Å². The standard InChI is InChI=1S/C13H12N2O5/c16-13(17)10-5-12(20-8-10)7-14-6-9-1-3-11(4-2-9)15(18)19/h1-5,8,14H,6-7H2,(H,16,17). The fourth-order valence-electron chi connectivity index (χ4n) is 1.65. The second-order valence-corrected chi connectivity index (χ2v) is 4.13. The van der Waals surface area contributed by atoms with Gasteiger partial charge in [0.25, 0.3) is 5.69 Å². The van der Waals surface area contributed by atoms with E-state index in [-0.39, 0.29) is 11.3 Å². The molecule has 0 bridgehead atoms. The van der Waals surface area contributed by atoms with Gasteiger partial charge in [-0.2, -0.15) is 0 Å². The summed E-state index contributed by atoms with van der Waals surface area (Å²) in [7, 11) is 0. The molecule has 7 heteroatoms. The third-order valence-electron chi connectivity index (χ3n) is 2.68. The molecule has 2 rings (SSSR count). The van der Waals surface area contributed by atoms with Gasteiger partial charge in [0, 0.05) is 18.7 Å². The van der Waals surface area contributed by atoms with E-state index in [1.165, 1.54) is 24.5 Å². The van der Waals surface area contributed by atoms with Gasteiger partial charge in [-0.3, -0.25) is 10.1 Å². The van der Waals surface area contributed by atoms with Crippen LogP contribution in [0.15, 0.2) is 41.0 Å². The minimum absolute atomic E-state index is 0.0471. The van der Waals surface area contributed by atoms with E-state index in [0.29, 0.717) is 18.8 Å². The highest BCUT2D eigenvalue weighted by Gasteiger charge is 2.08. The first-order chi connectivity index (χ1) is 9.56. The topological polar surface area (TPSA) is 106 Å². The van der Waals surface area contributed by atoms with Crippen LogP contribution < -0.4 is 5.32 Å². The van der Waals surface area contributed by atoms with E-state index >= 15 is 0 Å². The van der Waals surface area contributed by atoms with Gasteiger partial charge >= 0.3 is 5.97 Å². The number of hydrogen-bond acceptors (Lipinski definition) is 5. The molecule has 0 radical (unpaired) electrons. The number of furan rings is 1. The van der Waals surface area contributed by atoms with Gasteiger partial charge in [0.05, 0.1) is 17.0 Å². The molecule has 0 atom stereocenters. The Morgan fingerprint density at radius 1 is 1.30 bits per heavy atom. The molecule has 0 saturated carbocycles. The fraction of sp³-hybridized carbons (Fsp3) is 0.154. The molecule has 20 heavy (non-hydrogen) atoms. The maximum atomic E-state index is 10.7. The third kappa shape index (κ3) is 3.42. The summed E-state index contributed by atoms with van der Waals surface area (Å²) in [6.45, 7) is 0.880. The van der Waals surface area contributed by atoms with Gasteiger partial charge in [0.15, 0.2) is 0 Å². The highest BCUT2D eigenvalue weighted by atomic mass is 16.6. The van der Waals surface area contributed by atoms with Gasteiger partial charge in [-0.15, -0.1) is 0 Å². The average molecular weight is 276 g/mol. The lowest BCUT2D eigenvalue weighted by Gasteiger charge is -2.02. The minimum atomic E-state index is -1.03.